The fourth-order valence-electron chi connectivity index (χ4n) is 2.03. The molecule has 1 heterocycles. The molecule has 0 saturated carbocycles. The van der Waals surface area contributed by atoms with Gasteiger partial charge in [-0.05, 0) is 32.4 Å². The van der Waals surface area contributed by atoms with Crippen LogP contribution in [0.5, 0.6) is 0 Å². The van der Waals surface area contributed by atoms with Crippen molar-refractivity contribution in [3.8, 4) is 0 Å². The maximum absolute atomic E-state index is 11.3. The normalized spacial score (nSPS) is 21.0. The summed E-state index contributed by atoms with van der Waals surface area (Å²) in [5.41, 5.74) is 0. The van der Waals surface area contributed by atoms with Crippen LogP contribution in [0.1, 0.15) is 25.7 Å². The summed E-state index contributed by atoms with van der Waals surface area (Å²) in [6.07, 6.45) is 2.91. The maximum atomic E-state index is 11.3. The average molecular weight is 228 g/mol. The molecule has 0 radical (unpaired) electrons. The Kier molecular flexibility index (Phi) is 4.73. The smallest absolute Gasteiger partial charge is 0.320 e. The van der Waals surface area contributed by atoms with Gasteiger partial charge in [0.15, 0.2) is 0 Å². The van der Waals surface area contributed by atoms with Gasteiger partial charge < -0.3 is 10.0 Å². The summed E-state index contributed by atoms with van der Waals surface area (Å²) < 4.78 is 0. The van der Waals surface area contributed by atoms with Gasteiger partial charge in [-0.1, -0.05) is 0 Å². The van der Waals surface area contributed by atoms with Crippen molar-refractivity contribution in [3.63, 3.8) is 0 Å². The third-order valence-corrected chi connectivity index (χ3v) is 2.98. The molecule has 1 fully saturated rings. The highest BCUT2D eigenvalue weighted by molar-refractivity contribution is 5.75. The van der Waals surface area contributed by atoms with Crippen LogP contribution in [0.2, 0.25) is 0 Å². The van der Waals surface area contributed by atoms with Crippen LogP contribution in [0, 0.1) is 0 Å². The van der Waals surface area contributed by atoms with Crippen molar-refractivity contribution < 1.29 is 14.7 Å². The maximum Gasteiger partial charge on any atom is 0.320 e. The van der Waals surface area contributed by atoms with Crippen LogP contribution in [0.15, 0.2) is 0 Å². The molecule has 0 aromatic heterocycles. The second-order valence-corrected chi connectivity index (χ2v) is 4.42. The Bertz CT molecular complexity index is 266. The molecular weight excluding hydrogens is 208 g/mol. The van der Waals surface area contributed by atoms with Crippen molar-refractivity contribution in [2.75, 3.05) is 27.2 Å². The second kappa shape index (κ2) is 5.84. The molecule has 16 heavy (non-hydrogen) atoms. The van der Waals surface area contributed by atoms with E-state index < -0.39 is 5.97 Å². The van der Waals surface area contributed by atoms with Crippen molar-refractivity contribution in [1.29, 1.82) is 0 Å². The van der Waals surface area contributed by atoms with Crippen LogP contribution in [-0.2, 0) is 9.59 Å². The van der Waals surface area contributed by atoms with Crippen LogP contribution < -0.4 is 0 Å². The van der Waals surface area contributed by atoms with Crippen LogP contribution in [0.4, 0.5) is 0 Å². The molecule has 0 aromatic carbocycles. The molecule has 5 nitrogen and oxygen atoms in total. The van der Waals surface area contributed by atoms with Crippen molar-refractivity contribution in [1.82, 2.24) is 9.80 Å². The van der Waals surface area contributed by atoms with Crippen LogP contribution in [0.25, 0.3) is 0 Å². The molecular formula is C11H20N2O3. The van der Waals surface area contributed by atoms with Gasteiger partial charge in [-0.3, -0.25) is 14.5 Å². The Hall–Kier alpha value is -1.10. The molecule has 1 saturated heterocycles. The summed E-state index contributed by atoms with van der Waals surface area (Å²) in [4.78, 5) is 25.8. The number of hydrogen-bond donors (Lipinski definition) is 1. The fourth-order valence-corrected chi connectivity index (χ4v) is 2.03. The fraction of sp³-hybridized carbons (Fsp3) is 0.818. The number of carboxylic acid groups (broad SMARTS) is 1. The number of nitrogens with zero attached hydrogens (tertiary/aromatic N) is 2. The van der Waals surface area contributed by atoms with E-state index in [2.05, 4.69) is 0 Å². The van der Waals surface area contributed by atoms with Gasteiger partial charge in [0, 0.05) is 20.5 Å². The molecule has 1 rings (SSSR count). The lowest BCUT2D eigenvalue weighted by Crippen LogP contribution is -2.37. The number of aliphatic carboxylic acids is 1. The average Bonchev–Trinajstić information content (AvgIpc) is 2.65. The molecule has 1 N–H and O–H groups in total. The predicted octanol–water partition coefficient (Wildman–Crippen LogP) is 0.404. The van der Waals surface area contributed by atoms with Crippen LogP contribution in [0.3, 0.4) is 0 Å². The van der Waals surface area contributed by atoms with Gasteiger partial charge >= 0.3 is 5.97 Å². The molecule has 0 aromatic rings. The third-order valence-electron chi connectivity index (χ3n) is 2.98. The first-order valence-electron chi connectivity index (χ1n) is 5.69. The highest BCUT2D eigenvalue weighted by Crippen LogP contribution is 2.17. The van der Waals surface area contributed by atoms with E-state index in [-0.39, 0.29) is 11.9 Å². The highest BCUT2D eigenvalue weighted by Gasteiger charge is 2.29. The summed E-state index contributed by atoms with van der Waals surface area (Å²) in [5, 5.41) is 8.96. The van der Waals surface area contributed by atoms with Crippen molar-refractivity contribution in [3.05, 3.63) is 0 Å². The monoisotopic (exact) mass is 228 g/mol. The Morgan fingerprint density at radius 1 is 1.44 bits per heavy atom. The summed E-state index contributed by atoms with van der Waals surface area (Å²) >= 11 is 0. The van der Waals surface area contributed by atoms with Gasteiger partial charge in [0.1, 0.15) is 6.04 Å². The first-order valence-corrected chi connectivity index (χ1v) is 5.69. The number of rotatable bonds is 5. The van der Waals surface area contributed by atoms with Crippen molar-refractivity contribution in [2.24, 2.45) is 0 Å². The summed E-state index contributed by atoms with van der Waals surface area (Å²) in [6.45, 7) is 1.55. The van der Waals surface area contributed by atoms with E-state index in [9.17, 15) is 9.59 Å². The molecule has 0 bridgehead atoms. The van der Waals surface area contributed by atoms with Gasteiger partial charge in [-0.15, -0.1) is 0 Å². The van der Waals surface area contributed by atoms with Crippen LogP contribution >= 0.6 is 0 Å². The zero-order chi connectivity index (χ0) is 12.1. The summed E-state index contributed by atoms with van der Waals surface area (Å²) in [7, 11) is 3.47. The zero-order valence-corrected chi connectivity index (χ0v) is 9.98. The first kappa shape index (κ1) is 13.0. The summed E-state index contributed by atoms with van der Waals surface area (Å²) in [6, 6.07) is -0.338. The molecule has 1 unspecified atom stereocenters. The molecule has 92 valence electrons. The lowest BCUT2D eigenvalue weighted by molar-refractivity contribution is -0.142. The van der Waals surface area contributed by atoms with E-state index >= 15 is 0 Å². The molecule has 1 amide bonds. The Balaban J connectivity index is 2.27. The topological polar surface area (TPSA) is 60.9 Å². The van der Waals surface area contributed by atoms with E-state index in [1.54, 1.807) is 19.0 Å². The predicted molar refractivity (Wildman–Crippen MR) is 60.2 cm³/mol. The first-order chi connectivity index (χ1) is 7.52. The van der Waals surface area contributed by atoms with Gasteiger partial charge in [-0.2, -0.15) is 0 Å². The molecule has 1 aliphatic heterocycles. The second-order valence-electron chi connectivity index (χ2n) is 4.42. The van der Waals surface area contributed by atoms with E-state index in [0.717, 1.165) is 25.8 Å². The van der Waals surface area contributed by atoms with Crippen molar-refractivity contribution in [2.45, 2.75) is 31.7 Å². The van der Waals surface area contributed by atoms with Gasteiger partial charge in [-0.25, -0.2) is 0 Å². The zero-order valence-electron chi connectivity index (χ0n) is 9.98. The Morgan fingerprint density at radius 3 is 2.69 bits per heavy atom. The number of likely N-dealkylation sites (tertiary alicyclic amines) is 1. The third kappa shape index (κ3) is 3.48. The summed E-state index contributed by atoms with van der Waals surface area (Å²) in [5.74, 6) is -0.637. The van der Waals surface area contributed by atoms with E-state index in [1.165, 1.54) is 0 Å². The quantitative estimate of drug-likeness (QED) is 0.740. The number of hydrogen-bond acceptors (Lipinski definition) is 3. The standard InChI is InChI=1S/C11H20N2O3/c1-12(2)10(14)6-4-8-13-7-3-5-9(13)11(15)16/h9H,3-8H2,1-2H3,(H,15,16). The largest absolute Gasteiger partial charge is 0.480 e. The van der Waals surface area contributed by atoms with Gasteiger partial charge in [0.25, 0.3) is 0 Å². The minimum atomic E-state index is -0.739. The molecule has 0 aliphatic carbocycles. The minimum Gasteiger partial charge on any atom is -0.480 e. The number of amides is 1. The van der Waals surface area contributed by atoms with E-state index in [1.807, 2.05) is 4.90 Å². The number of carbonyl (C=O) groups is 2. The lowest BCUT2D eigenvalue weighted by atomic mass is 10.2. The highest BCUT2D eigenvalue weighted by atomic mass is 16.4. The van der Waals surface area contributed by atoms with Crippen molar-refractivity contribution >= 4 is 11.9 Å². The van der Waals surface area contributed by atoms with Gasteiger partial charge in [0.05, 0.1) is 0 Å². The molecule has 0 spiro atoms. The molecule has 1 atom stereocenters. The minimum absolute atomic E-state index is 0.103. The molecule has 5 heteroatoms. The van der Waals surface area contributed by atoms with Gasteiger partial charge in [0.2, 0.25) is 5.91 Å². The van der Waals surface area contributed by atoms with E-state index in [4.69, 9.17) is 5.11 Å². The number of carboxylic acids is 1. The Labute approximate surface area is 96.0 Å². The van der Waals surface area contributed by atoms with Crippen LogP contribution in [-0.4, -0.2) is 60.0 Å². The Morgan fingerprint density at radius 2 is 2.12 bits per heavy atom. The van der Waals surface area contributed by atoms with E-state index in [0.29, 0.717) is 13.0 Å². The lowest BCUT2D eigenvalue weighted by Gasteiger charge is -2.21. The number of carbonyl (C=O) groups excluding carboxylic acids is 1. The SMILES string of the molecule is CN(C)C(=O)CCCN1CCCC1C(=O)O. The molecule has 1 aliphatic rings.